The quantitative estimate of drug-likeness (QED) is 0.700. The van der Waals surface area contributed by atoms with Gasteiger partial charge in [0.15, 0.2) is 0 Å². The average molecular weight is 359 g/mol. The molecule has 0 unspecified atom stereocenters. The third-order valence-electron chi connectivity index (χ3n) is 4.41. The molecule has 1 aromatic carbocycles. The first kappa shape index (κ1) is 17.5. The fraction of sp³-hybridized carbons (Fsp3) is 0.368. The summed E-state index contributed by atoms with van der Waals surface area (Å²) in [5.41, 5.74) is 2.67. The Morgan fingerprint density at radius 2 is 1.96 bits per heavy atom. The van der Waals surface area contributed by atoms with Crippen LogP contribution in [0.15, 0.2) is 36.5 Å². The van der Waals surface area contributed by atoms with Crippen LogP contribution in [0.5, 0.6) is 0 Å². The fourth-order valence-electron chi connectivity index (χ4n) is 3.05. The van der Waals surface area contributed by atoms with Gasteiger partial charge in [0.25, 0.3) is 0 Å². The van der Waals surface area contributed by atoms with Gasteiger partial charge in [-0.1, -0.05) is 30.9 Å². The first-order chi connectivity index (χ1) is 12.1. The molecule has 1 saturated carbocycles. The van der Waals surface area contributed by atoms with Gasteiger partial charge < -0.3 is 16.0 Å². The van der Waals surface area contributed by atoms with Crippen LogP contribution in [0.1, 0.15) is 37.7 Å². The van der Waals surface area contributed by atoms with Gasteiger partial charge in [0.1, 0.15) is 5.82 Å². The highest BCUT2D eigenvalue weighted by molar-refractivity contribution is 6.30. The van der Waals surface area contributed by atoms with Crippen LogP contribution < -0.4 is 16.0 Å². The number of carbonyl (C=O) groups is 1. The standard InChI is InChI=1S/C19H23ClN4O/c1-13-11-14(20)7-9-17(13)24-18-10-8-16(12-21-18)23-19(25)22-15-5-3-2-4-6-15/h7-12,15H,2-6H2,1H3,(H,21,24)(H2,22,23,25). The van der Waals surface area contributed by atoms with E-state index in [0.717, 1.165) is 24.1 Å². The molecule has 0 radical (unpaired) electrons. The molecule has 0 spiro atoms. The summed E-state index contributed by atoms with van der Waals surface area (Å²) in [6.07, 6.45) is 7.43. The molecule has 1 aliphatic rings. The second-order valence-electron chi connectivity index (χ2n) is 6.45. The summed E-state index contributed by atoms with van der Waals surface area (Å²) in [5.74, 6) is 0.712. The Morgan fingerprint density at radius 3 is 2.64 bits per heavy atom. The number of carbonyl (C=O) groups excluding carboxylic acids is 1. The number of hydrogen-bond acceptors (Lipinski definition) is 3. The van der Waals surface area contributed by atoms with Crippen LogP contribution in [-0.4, -0.2) is 17.1 Å². The topological polar surface area (TPSA) is 66.0 Å². The maximum atomic E-state index is 12.1. The molecule has 1 aliphatic carbocycles. The number of urea groups is 1. The highest BCUT2D eigenvalue weighted by Gasteiger charge is 2.15. The summed E-state index contributed by atoms with van der Waals surface area (Å²) in [5, 5.41) is 9.83. The number of halogens is 1. The molecule has 25 heavy (non-hydrogen) atoms. The number of aryl methyl sites for hydroxylation is 1. The van der Waals surface area contributed by atoms with Crippen molar-refractivity contribution >= 4 is 34.8 Å². The van der Waals surface area contributed by atoms with Crippen molar-refractivity contribution < 1.29 is 4.79 Å². The molecular weight excluding hydrogens is 336 g/mol. The molecule has 3 N–H and O–H groups in total. The number of benzene rings is 1. The SMILES string of the molecule is Cc1cc(Cl)ccc1Nc1ccc(NC(=O)NC2CCCCC2)cn1. The Labute approximate surface area is 153 Å². The molecule has 132 valence electrons. The third-order valence-corrected chi connectivity index (χ3v) is 4.65. The average Bonchev–Trinajstić information content (AvgIpc) is 2.60. The number of amides is 2. The van der Waals surface area contributed by atoms with Gasteiger partial charge in [-0.25, -0.2) is 9.78 Å². The second-order valence-corrected chi connectivity index (χ2v) is 6.89. The zero-order valence-corrected chi connectivity index (χ0v) is 15.1. The first-order valence-corrected chi connectivity index (χ1v) is 9.05. The number of anilines is 3. The van der Waals surface area contributed by atoms with E-state index in [9.17, 15) is 4.79 Å². The predicted octanol–water partition coefficient (Wildman–Crippen LogP) is 5.24. The maximum absolute atomic E-state index is 12.1. The van der Waals surface area contributed by atoms with Gasteiger partial charge in [0.05, 0.1) is 11.9 Å². The van der Waals surface area contributed by atoms with Crippen molar-refractivity contribution in [1.82, 2.24) is 10.3 Å². The summed E-state index contributed by atoms with van der Waals surface area (Å²) in [6.45, 7) is 1.99. The van der Waals surface area contributed by atoms with E-state index in [4.69, 9.17) is 11.6 Å². The Bertz CT molecular complexity index is 727. The first-order valence-electron chi connectivity index (χ1n) is 8.67. The molecule has 2 amide bonds. The monoisotopic (exact) mass is 358 g/mol. The Morgan fingerprint density at radius 1 is 1.16 bits per heavy atom. The van der Waals surface area contributed by atoms with Crippen LogP contribution in [-0.2, 0) is 0 Å². The highest BCUT2D eigenvalue weighted by Crippen LogP contribution is 2.23. The Kier molecular flexibility index (Phi) is 5.76. The van der Waals surface area contributed by atoms with Crippen molar-refractivity contribution in [3.63, 3.8) is 0 Å². The van der Waals surface area contributed by atoms with Gasteiger partial charge in [-0.15, -0.1) is 0 Å². The van der Waals surface area contributed by atoms with Crippen molar-refractivity contribution in [3.8, 4) is 0 Å². The normalized spacial score (nSPS) is 14.8. The number of pyridine rings is 1. The van der Waals surface area contributed by atoms with Crippen molar-refractivity contribution in [2.24, 2.45) is 0 Å². The lowest BCUT2D eigenvalue weighted by Crippen LogP contribution is -2.39. The number of hydrogen-bond donors (Lipinski definition) is 3. The van der Waals surface area contributed by atoms with Crippen molar-refractivity contribution in [2.75, 3.05) is 10.6 Å². The molecule has 0 atom stereocenters. The summed E-state index contributed by atoms with van der Waals surface area (Å²) in [6, 6.07) is 9.45. The zero-order valence-electron chi connectivity index (χ0n) is 14.3. The molecule has 5 nitrogen and oxygen atoms in total. The molecule has 0 saturated heterocycles. The molecule has 1 fully saturated rings. The summed E-state index contributed by atoms with van der Waals surface area (Å²) in [4.78, 5) is 16.4. The van der Waals surface area contributed by atoms with Gasteiger partial charge >= 0.3 is 6.03 Å². The number of rotatable bonds is 4. The largest absolute Gasteiger partial charge is 0.340 e. The molecule has 2 aromatic rings. The van der Waals surface area contributed by atoms with Crippen molar-refractivity contribution in [3.05, 3.63) is 47.1 Å². The van der Waals surface area contributed by atoms with Gasteiger partial charge in [-0.3, -0.25) is 0 Å². The lowest BCUT2D eigenvalue weighted by atomic mass is 9.96. The number of nitrogens with one attached hydrogen (secondary N) is 3. The predicted molar refractivity (Wildman–Crippen MR) is 103 cm³/mol. The van der Waals surface area contributed by atoms with Crippen LogP contribution in [0.2, 0.25) is 5.02 Å². The smallest absolute Gasteiger partial charge is 0.319 e. The summed E-state index contributed by atoms with van der Waals surface area (Å²) in [7, 11) is 0. The highest BCUT2D eigenvalue weighted by atomic mass is 35.5. The minimum absolute atomic E-state index is 0.164. The molecule has 6 heteroatoms. The fourth-order valence-corrected chi connectivity index (χ4v) is 3.27. The minimum Gasteiger partial charge on any atom is -0.340 e. The molecule has 3 rings (SSSR count). The Hall–Kier alpha value is -2.27. The molecule has 0 bridgehead atoms. The number of aromatic nitrogens is 1. The molecule has 1 heterocycles. The van der Waals surface area contributed by atoms with Gasteiger partial charge in [-0.2, -0.15) is 0 Å². The van der Waals surface area contributed by atoms with Crippen LogP contribution in [0.4, 0.5) is 22.0 Å². The van der Waals surface area contributed by atoms with E-state index in [1.54, 1.807) is 6.20 Å². The van der Waals surface area contributed by atoms with E-state index in [2.05, 4.69) is 20.9 Å². The lowest BCUT2D eigenvalue weighted by molar-refractivity contribution is 0.244. The second kappa shape index (κ2) is 8.21. The van der Waals surface area contributed by atoms with E-state index < -0.39 is 0 Å². The van der Waals surface area contributed by atoms with E-state index in [-0.39, 0.29) is 12.1 Å². The molecular formula is C19H23ClN4O. The maximum Gasteiger partial charge on any atom is 0.319 e. The lowest BCUT2D eigenvalue weighted by Gasteiger charge is -2.22. The van der Waals surface area contributed by atoms with Crippen LogP contribution in [0.25, 0.3) is 0 Å². The van der Waals surface area contributed by atoms with E-state index in [0.29, 0.717) is 16.5 Å². The number of nitrogens with zero attached hydrogens (tertiary/aromatic N) is 1. The molecule has 1 aromatic heterocycles. The zero-order chi connectivity index (χ0) is 17.6. The van der Waals surface area contributed by atoms with Crippen LogP contribution in [0, 0.1) is 6.92 Å². The van der Waals surface area contributed by atoms with E-state index >= 15 is 0 Å². The van der Waals surface area contributed by atoms with E-state index in [1.165, 1.54) is 19.3 Å². The minimum atomic E-state index is -0.164. The third kappa shape index (κ3) is 5.10. The Balaban J connectivity index is 1.55. The van der Waals surface area contributed by atoms with Gasteiger partial charge in [-0.05, 0) is 55.7 Å². The van der Waals surface area contributed by atoms with Gasteiger partial charge in [0.2, 0.25) is 0 Å². The van der Waals surface area contributed by atoms with Crippen LogP contribution >= 0.6 is 11.6 Å². The molecule has 0 aliphatic heterocycles. The van der Waals surface area contributed by atoms with Crippen molar-refractivity contribution in [1.29, 1.82) is 0 Å². The van der Waals surface area contributed by atoms with Crippen LogP contribution in [0.3, 0.4) is 0 Å². The van der Waals surface area contributed by atoms with E-state index in [1.807, 2.05) is 37.3 Å². The van der Waals surface area contributed by atoms with Crippen molar-refractivity contribution in [2.45, 2.75) is 45.1 Å². The summed E-state index contributed by atoms with van der Waals surface area (Å²) >= 11 is 5.97. The summed E-state index contributed by atoms with van der Waals surface area (Å²) < 4.78 is 0. The van der Waals surface area contributed by atoms with Gasteiger partial charge in [0, 0.05) is 16.8 Å².